The fraction of sp³-hybridized carbons (Fsp3) is 0.130. The normalized spacial score (nSPS) is 10.7. The molecule has 6 heteroatoms. The van der Waals surface area contributed by atoms with Gasteiger partial charge in [0, 0.05) is 17.8 Å². The van der Waals surface area contributed by atoms with Crippen molar-refractivity contribution in [3.8, 4) is 17.2 Å². The molecule has 3 aromatic carbocycles. The summed E-state index contributed by atoms with van der Waals surface area (Å²) in [5.74, 6) is 1.38. The molecule has 0 saturated carbocycles. The number of ether oxygens (including phenoxy) is 1. The second-order valence-electron chi connectivity index (χ2n) is 6.54. The van der Waals surface area contributed by atoms with E-state index in [2.05, 4.69) is 15.6 Å². The topological polar surface area (TPSA) is 76.4 Å². The lowest BCUT2D eigenvalue weighted by molar-refractivity contribution is 0.252. The van der Waals surface area contributed by atoms with E-state index in [1.807, 2.05) is 72.8 Å². The fourth-order valence-corrected chi connectivity index (χ4v) is 2.98. The van der Waals surface area contributed by atoms with E-state index in [9.17, 15) is 4.79 Å². The van der Waals surface area contributed by atoms with Gasteiger partial charge in [-0.3, -0.25) is 0 Å². The van der Waals surface area contributed by atoms with E-state index in [-0.39, 0.29) is 6.03 Å². The number of carbonyl (C=O) groups is 1. The molecule has 0 unspecified atom stereocenters. The van der Waals surface area contributed by atoms with Crippen molar-refractivity contribution in [3.05, 3.63) is 78.4 Å². The molecule has 6 nitrogen and oxygen atoms in total. The highest BCUT2D eigenvalue weighted by molar-refractivity contribution is 5.89. The Morgan fingerprint density at radius 3 is 2.48 bits per heavy atom. The number of nitrogens with zero attached hydrogens (tertiary/aromatic N) is 1. The van der Waals surface area contributed by atoms with Crippen molar-refractivity contribution in [2.75, 3.05) is 19.0 Å². The van der Waals surface area contributed by atoms with E-state index >= 15 is 0 Å². The molecule has 1 aromatic heterocycles. The van der Waals surface area contributed by atoms with Crippen LogP contribution < -0.4 is 15.4 Å². The molecule has 0 radical (unpaired) electrons. The molecular weight excluding hydrogens is 366 g/mol. The minimum Gasteiger partial charge on any atom is -0.497 e. The zero-order valence-electron chi connectivity index (χ0n) is 16.0. The molecule has 29 heavy (non-hydrogen) atoms. The number of anilines is 1. The Morgan fingerprint density at radius 1 is 1.00 bits per heavy atom. The van der Waals surface area contributed by atoms with Crippen LogP contribution in [0.4, 0.5) is 10.5 Å². The summed E-state index contributed by atoms with van der Waals surface area (Å²) in [4.78, 5) is 16.6. The quantitative estimate of drug-likeness (QED) is 0.495. The Hall–Kier alpha value is -3.80. The first kappa shape index (κ1) is 18.6. The number of carbonyl (C=O) groups excluding carboxylic acids is 1. The van der Waals surface area contributed by atoms with Crippen LogP contribution in [0.25, 0.3) is 22.6 Å². The van der Waals surface area contributed by atoms with Gasteiger partial charge in [0.1, 0.15) is 11.3 Å². The number of nitrogens with one attached hydrogen (secondary N) is 2. The van der Waals surface area contributed by atoms with Crippen molar-refractivity contribution in [1.29, 1.82) is 0 Å². The van der Waals surface area contributed by atoms with Crippen LogP contribution >= 0.6 is 0 Å². The number of oxazole rings is 1. The van der Waals surface area contributed by atoms with Crippen molar-refractivity contribution in [2.24, 2.45) is 0 Å². The second kappa shape index (κ2) is 8.48. The maximum atomic E-state index is 12.1. The van der Waals surface area contributed by atoms with E-state index in [4.69, 9.17) is 9.15 Å². The van der Waals surface area contributed by atoms with Crippen LogP contribution in [0, 0.1) is 0 Å². The molecule has 2 N–H and O–H groups in total. The predicted molar refractivity (Wildman–Crippen MR) is 113 cm³/mol. The summed E-state index contributed by atoms with van der Waals surface area (Å²) >= 11 is 0. The zero-order chi connectivity index (χ0) is 20.1. The third kappa shape index (κ3) is 4.55. The van der Waals surface area contributed by atoms with Crippen LogP contribution in [-0.2, 0) is 6.42 Å². The minimum atomic E-state index is -0.242. The number of aromatic nitrogens is 1. The van der Waals surface area contributed by atoms with E-state index in [1.165, 1.54) is 0 Å². The van der Waals surface area contributed by atoms with E-state index in [1.54, 1.807) is 7.11 Å². The molecule has 0 fully saturated rings. The molecule has 0 saturated heterocycles. The smallest absolute Gasteiger partial charge is 0.319 e. The van der Waals surface area contributed by atoms with E-state index < -0.39 is 0 Å². The summed E-state index contributed by atoms with van der Waals surface area (Å²) in [6.45, 7) is 0.541. The minimum absolute atomic E-state index is 0.242. The number of hydrogen-bond acceptors (Lipinski definition) is 4. The summed E-state index contributed by atoms with van der Waals surface area (Å²) in [5.41, 5.74) is 4.26. The first-order valence-corrected chi connectivity index (χ1v) is 9.35. The van der Waals surface area contributed by atoms with Gasteiger partial charge in [-0.1, -0.05) is 24.3 Å². The highest BCUT2D eigenvalue weighted by atomic mass is 16.5. The van der Waals surface area contributed by atoms with Crippen LogP contribution in [-0.4, -0.2) is 24.7 Å². The van der Waals surface area contributed by atoms with Crippen molar-refractivity contribution >= 4 is 22.8 Å². The van der Waals surface area contributed by atoms with Gasteiger partial charge in [0.25, 0.3) is 0 Å². The SMILES string of the molecule is COc1ccc(CCNC(=O)Nc2ccc(-c3nc4ccccc4o3)cc2)cc1. The van der Waals surface area contributed by atoms with E-state index in [0.717, 1.165) is 34.4 Å². The van der Waals surface area contributed by atoms with Gasteiger partial charge in [-0.15, -0.1) is 0 Å². The van der Waals surface area contributed by atoms with Gasteiger partial charge in [-0.2, -0.15) is 0 Å². The zero-order valence-corrected chi connectivity index (χ0v) is 16.0. The van der Waals surface area contributed by atoms with Gasteiger partial charge in [0.05, 0.1) is 7.11 Å². The first-order chi connectivity index (χ1) is 14.2. The standard InChI is InChI=1S/C23H21N3O3/c1-28-19-12-6-16(7-13-19)14-15-24-23(27)25-18-10-8-17(9-11-18)22-26-20-4-2-3-5-21(20)29-22/h2-13H,14-15H2,1H3,(H2,24,25,27). The van der Waals surface area contributed by atoms with Crippen LogP contribution in [0.2, 0.25) is 0 Å². The number of urea groups is 1. The Morgan fingerprint density at radius 2 is 1.76 bits per heavy atom. The predicted octanol–water partition coefficient (Wildman–Crippen LogP) is 4.87. The Kier molecular flexibility index (Phi) is 5.42. The first-order valence-electron chi connectivity index (χ1n) is 9.35. The van der Waals surface area contributed by atoms with Crippen molar-refractivity contribution < 1.29 is 13.9 Å². The van der Waals surface area contributed by atoms with Crippen molar-refractivity contribution in [2.45, 2.75) is 6.42 Å². The molecular formula is C23H21N3O3. The van der Waals surface area contributed by atoms with Gasteiger partial charge in [-0.25, -0.2) is 9.78 Å². The maximum Gasteiger partial charge on any atom is 0.319 e. The number of amides is 2. The van der Waals surface area contributed by atoms with Gasteiger partial charge in [0.2, 0.25) is 5.89 Å². The van der Waals surface area contributed by atoms with Crippen molar-refractivity contribution in [1.82, 2.24) is 10.3 Å². The Balaban J connectivity index is 1.30. The summed E-state index contributed by atoms with van der Waals surface area (Å²) in [7, 11) is 1.64. The fourth-order valence-electron chi connectivity index (χ4n) is 2.98. The lowest BCUT2D eigenvalue weighted by atomic mass is 10.1. The van der Waals surface area contributed by atoms with E-state index in [0.29, 0.717) is 18.1 Å². The molecule has 4 rings (SSSR count). The molecule has 0 aliphatic heterocycles. The number of benzene rings is 3. The maximum absolute atomic E-state index is 12.1. The van der Waals surface area contributed by atoms with Crippen LogP contribution in [0.15, 0.2) is 77.2 Å². The summed E-state index contributed by atoms with van der Waals surface area (Å²) in [5, 5.41) is 5.69. The number of para-hydroxylation sites is 2. The largest absolute Gasteiger partial charge is 0.497 e. The van der Waals surface area contributed by atoms with Crippen LogP contribution in [0.5, 0.6) is 5.75 Å². The third-order valence-electron chi connectivity index (χ3n) is 4.54. The molecule has 1 heterocycles. The highest BCUT2D eigenvalue weighted by Crippen LogP contribution is 2.25. The van der Waals surface area contributed by atoms with Crippen LogP contribution in [0.1, 0.15) is 5.56 Å². The number of methoxy groups -OCH3 is 1. The average Bonchev–Trinajstić information content (AvgIpc) is 3.19. The lowest BCUT2D eigenvalue weighted by Gasteiger charge is -2.08. The molecule has 0 aliphatic carbocycles. The summed E-state index contributed by atoms with van der Waals surface area (Å²) in [6, 6.07) is 22.6. The Labute approximate surface area is 168 Å². The van der Waals surface area contributed by atoms with Gasteiger partial charge >= 0.3 is 6.03 Å². The molecule has 0 bridgehead atoms. The number of rotatable bonds is 6. The Bertz CT molecular complexity index is 1070. The van der Waals surface area contributed by atoms with Crippen LogP contribution in [0.3, 0.4) is 0 Å². The summed E-state index contributed by atoms with van der Waals surface area (Å²) < 4.78 is 10.9. The molecule has 146 valence electrons. The molecule has 2 amide bonds. The highest BCUT2D eigenvalue weighted by Gasteiger charge is 2.08. The average molecular weight is 387 g/mol. The van der Waals surface area contributed by atoms with Crippen molar-refractivity contribution in [3.63, 3.8) is 0 Å². The third-order valence-corrected chi connectivity index (χ3v) is 4.54. The number of fused-ring (bicyclic) bond motifs is 1. The summed E-state index contributed by atoms with van der Waals surface area (Å²) in [6.07, 6.45) is 0.744. The van der Waals surface area contributed by atoms with Gasteiger partial charge in [0.15, 0.2) is 5.58 Å². The number of hydrogen-bond donors (Lipinski definition) is 2. The molecule has 0 aliphatic rings. The molecule has 0 spiro atoms. The van der Waals surface area contributed by atoms with Gasteiger partial charge in [-0.05, 0) is 60.5 Å². The second-order valence-corrected chi connectivity index (χ2v) is 6.54. The lowest BCUT2D eigenvalue weighted by Crippen LogP contribution is -2.30. The monoisotopic (exact) mass is 387 g/mol. The molecule has 0 atom stereocenters. The molecule has 4 aromatic rings. The van der Waals surface area contributed by atoms with Gasteiger partial charge < -0.3 is 19.8 Å².